The number of aliphatic hydroxyl groups is 1. The lowest BCUT2D eigenvalue weighted by atomic mass is 10.2. The van der Waals surface area contributed by atoms with Crippen LogP contribution in [0.1, 0.15) is 20.8 Å². The van der Waals surface area contributed by atoms with E-state index in [2.05, 4.69) is 0 Å². The predicted molar refractivity (Wildman–Crippen MR) is 27.2 cm³/mol. The van der Waals surface area contributed by atoms with Crippen LogP contribution in [-0.4, -0.2) is 21.2 Å². The maximum Gasteiger partial charge on any atom is 0.0563 e. The number of hydrogen-bond acceptors (Lipinski definition) is 3. The summed E-state index contributed by atoms with van der Waals surface area (Å²) in [7, 11) is 0. The summed E-state index contributed by atoms with van der Waals surface area (Å²) in [6, 6.07) is 0. The van der Waals surface area contributed by atoms with Gasteiger partial charge in [-0.3, -0.25) is 10.5 Å². The molecule has 3 N–H and O–H groups in total. The van der Waals surface area contributed by atoms with Gasteiger partial charge in [0.05, 0.1) is 5.60 Å². The smallest absolute Gasteiger partial charge is 0.0563 e. The van der Waals surface area contributed by atoms with Crippen molar-refractivity contribution in [1.29, 1.82) is 0 Å². The third kappa shape index (κ3) is 6150. The minimum Gasteiger partial charge on any atom is -0.391 e. The van der Waals surface area contributed by atoms with E-state index in [0.717, 1.165) is 0 Å². The highest BCUT2D eigenvalue weighted by Gasteiger charge is 1.97. The van der Waals surface area contributed by atoms with Gasteiger partial charge in [0.1, 0.15) is 0 Å². The van der Waals surface area contributed by atoms with E-state index in [1.54, 1.807) is 20.8 Å². The highest BCUT2D eigenvalue weighted by Crippen LogP contribution is 1.93. The van der Waals surface area contributed by atoms with Crippen molar-refractivity contribution in [3.63, 3.8) is 0 Å². The summed E-state index contributed by atoms with van der Waals surface area (Å²) in [5.41, 5.74) is -0.500. The summed E-state index contributed by atoms with van der Waals surface area (Å²) in [6.07, 6.45) is 0. The highest BCUT2D eigenvalue weighted by molar-refractivity contribution is 4.50. The van der Waals surface area contributed by atoms with E-state index in [1.807, 2.05) is 0 Å². The van der Waals surface area contributed by atoms with Gasteiger partial charge in [-0.1, -0.05) is 0 Å². The standard InChI is InChI=1S/C4H10O.H2O2/c1-4(2,3)5;1-2/h5H,1-3H3;1-2H. The van der Waals surface area contributed by atoms with Crippen molar-refractivity contribution >= 4 is 0 Å². The monoisotopic (exact) mass is 108 g/mol. The van der Waals surface area contributed by atoms with Crippen molar-refractivity contribution in [1.82, 2.24) is 0 Å². The number of rotatable bonds is 0. The fourth-order valence-corrected chi connectivity index (χ4v) is 0. The van der Waals surface area contributed by atoms with Gasteiger partial charge < -0.3 is 5.11 Å². The van der Waals surface area contributed by atoms with E-state index < -0.39 is 5.60 Å². The second-order valence-corrected chi connectivity index (χ2v) is 2.17. The minimum atomic E-state index is -0.500. The first-order chi connectivity index (χ1) is 3.00. The minimum absolute atomic E-state index is 0.500. The molecule has 46 valence electrons. The van der Waals surface area contributed by atoms with Crippen LogP contribution >= 0.6 is 0 Å². The van der Waals surface area contributed by atoms with E-state index in [1.165, 1.54) is 0 Å². The van der Waals surface area contributed by atoms with Gasteiger partial charge in [0, 0.05) is 0 Å². The summed E-state index contributed by atoms with van der Waals surface area (Å²) >= 11 is 0. The van der Waals surface area contributed by atoms with Crippen molar-refractivity contribution < 1.29 is 15.6 Å². The van der Waals surface area contributed by atoms with Gasteiger partial charge in [-0.05, 0) is 20.8 Å². The molecule has 0 saturated heterocycles. The average Bonchev–Trinajstić information content (AvgIpc) is 1.36. The largest absolute Gasteiger partial charge is 0.391 e. The van der Waals surface area contributed by atoms with Gasteiger partial charge in [0.2, 0.25) is 0 Å². The molecule has 0 aliphatic rings. The Morgan fingerprint density at radius 2 is 1.00 bits per heavy atom. The maximum atomic E-state index is 8.52. The molecule has 0 heterocycles. The molecule has 0 atom stereocenters. The van der Waals surface area contributed by atoms with E-state index in [9.17, 15) is 0 Å². The van der Waals surface area contributed by atoms with Crippen molar-refractivity contribution in [2.75, 3.05) is 0 Å². The average molecular weight is 108 g/mol. The van der Waals surface area contributed by atoms with Gasteiger partial charge in [-0.25, -0.2) is 0 Å². The molecule has 0 unspecified atom stereocenters. The summed E-state index contributed by atoms with van der Waals surface area (Å²) < 4.78 is 0. The van der Waals surface area contributed by atoms with Gasteiger partial charge in [0.15, 0.2) is 0 Å². The zero-order chi connectivity index (χ0) is 6.50. The van der Waals surface area contributed by atoms with Crippen LogP contribution in [0.5, 0.6) is 0 Å². The Balaban J connectivity index is 0. The van der Waals surface area contributed by atoms with Crippen LogP contribution in [0.15, 0.2) is 0 Å². The Morgan fingerprint density at radius 3 is 1.00 bits per heavy atom. The predicted octanol–water partition coefficient (Wildman–Crippen LogP) is 0.795. The van der Waals surface area contributed by atoms with Crippen LogP contribution in [0, 0.1) is 0 Å². The van der Waals surface area contributed by atoms with Crippen LogP contribution < -0.4 is 0 Å². The fraction of sp³-hybridized carbons (Fsp3) is 1.00. The molecular formula is C4H12O3. The first-order valence-corrected chi connectivity index (χ1v) is 1.92. The summed E-state index contributed by atoms with van der Waals surface area (Å²) in [4.78, 5) is 0. The van der Waals surface area contributed by atoms with Gasteiger partial charge in [0.25, 0.3) is 0 Å². The quantitative estimate of drug-likeness (QED) is 0.317. The molecule has 0 aliphatic carbocycles. The van der Waals surface area contributed by atoms with Crippen LogP contribution in [0.2, 0.25) is 0 Å². The first kappa shape index (κ1) is 9.99. The Labute approximate surface area is 43.2 Å². The lowest BCUT2D eigenvalue weighted by molar-refractivity contribution is -0.176. The van der Waals surface area contributed by atoms with E-state index in [4.69, 9.17) is 15.6 Å². The lowest BCUT2D eigenvalue weighted by Gasteiger charge is -2.04. The first-order valence-electron chi connectivity index (χ1n) is 1.92. The molecule has 0 radical (unpaired) electrons. The Kier molecular flexibility index (Phi) is 5.78. The van der Waals surface area contributed by atoms with Gasteiger partial charge >= 0.3 is 0 Å². The molecule has 7 heavy (non-hydrogen) atoms. The zero-order valence-corrected chi connectivity index (χ0v) is 4.84. The third-order valence-electron chi connectivity index (χ3n) is 0. The molecule has 0 amide bonds. The Bertz CT molecular complexity index is 22.4. The normalized spacial score (nSPS) is 9.43. The van der Waals surface area contributed by atoms with Crippen molar-refractivity contribution in [2.24, 2.45) is 0 Å². The zero-order valence-electron chi connectivity index (χ0n) is 4.84. The van der Waals surface area contributed by atoms with Crippen LogP contribution in [0.25, 0.3) is 0 Å². The van der Waals surface area contributed by atoms with Crippen LogP contribution in [-0.2, 0) is 0 Å². The maximum absolute atomic E-state index is 8.52. The second kappa shape index (κ2) is 4.05. The Hall–Kier alpha value is -0.120. The molecule has 0 saturated carbocycles. The Morgan fingerprint density at radius 1 is 1.00 bits per heavy atom. The second-order valence-electron chi connectivity index (χ2n) is 2.17. The van der Waals surface area contributed by atoms with Gasteiger partial charge in [-0.2, -0.15) is 0 Å². The molecule has 3 heteroatoms. The molecule has 0 spiro atoms. The van der Waals surface area contributed by atoms with E-state index in [0.29, 0.717) is 0 Å². The van der Waals surface area contributed by atoms with Crippen molar-refractivity contribution in [3.8, 4) is 0 Å². The third-order valence-corrected chi connectivity index (χ3v) is 0. The molecule has 0 bridgehead atoms. The number of hydrogen-bond donors (Lipinski definition) is 3. The molecular weight excluding hydrogens is 96.0 g/mol. The molecule has 0 aromatic rings. The van der Waals surface area contributed by atoms with Gasteiger partial charge in [-0.15, -0.1) is 0 Å². The van der Waals surface area contributed by atoms with Crippen LogP contribution in [0.4, 0.5) is 0 Å². The topological polar surface area (TPSA) is 60.7 Å². The van der Waals surface area contributed by atoms with E-state index >= 15 is 0 Å². The lowest BCUT2D eigenvalue weighted by Crippen LogP contribution is -2.10. The summed E-state index contributed by atoms with van der Waals surface area (Å²) in [5.74, 6) is 0. The van der Waals surface area contributed by atoms with Crippen molar-refractivity contribution in [3.05, 3.63) is 0 Å². The molecule has 0 aromatic carbocycles. The fourth-order valence-electron chi connectivity index (χ4n) is 0. The molecule has 0 aromatic heterocycles. The molecule has 0 aliphatic heterocycles. The van der Waals surface area contributed by atoms with Crippen molar-refractivity contribution in [2.45, 2.75) is 26.4 Å². The summed E-state index contributed by atoms with van der Waals surface area (Å²) in [5, 5.41) is 20.5. The van der Waals surface area contributed by atoms with E-state index in [-0.39, 0.29) is 0 Å². The highest BCUT2D eigenvalue weighted by atomic mass is 17.0. The molecule has 0 rings (SSSR count). The molecule has 3 nitrogen and oxygen atoms in total. The summed E-state index contributed by atoms with van der Waals surface area (Å²) in [6.45, 7) is 5.23. The van der Waals surface area contributed by atoms with Crippen LogP contribution in [0.3, 0.4) is 0 Å². The molecule has 0 fully saturated rings. The SMILES string of the molecule is CC(C)(C)O.OO.